The van der Waals surface area contributed by atoms with Gasteiger partial charge in [0.15, 0.2) is 0 Å². The summed E-state index contributed by atoms with van der Waals surface area (Å²) in [4.78, 5) is 24.5. The van der Waals surface area contributed by atoms with Gasteiger partial charge in [-0.2, -0.15) is 0 Å². The van der Waals surface area contributed by atoms with Gasteiger partial charge in [0, 0.05) is 11.6 Å². The molecule has 0 saturated carbocycles. The van der Waals surface area contributed by atoms with Crippen molar-refractivity contribution in [3.8, 4) is 0 Å². The molecule has 0 aliphatic heterocycles. The fraction of sp³-hybridized carbons (Fsp3) is 0.100. The quantitative estimate of drug-likeness (QED) is 0.750. The van der Waals surface area contributed by atoms with E-state index in [0.29, 0.717) is 11.6 Å². The van der Waals surface area contributed by atoms with E-state index >= 15 is 0 Å². The molecule has 0 atom stereocenters. The molecule has 0 aliphatic carbocycles. The summed E-state index contributed by atoms with van der Waals surface area (Å²) >= 11 is 5.73. The number of H-pyrrole nitrogens is 2. The van der Waals surface area contributed by atoms with Gasteiger partial charge in [-0.05, 0) is 17.7 Å². The molecule has 0 radical (unpaired) electrons. The molecule has 1 amide bonds. The molecule has 0 spiro atoms. The van der Waals surface area contributed by atoms with Gasteiger partial charge in [-0.25, -0.2) is 9.89 Å². The van der Waals surface area contributed by atoms with Gasteiger partial charge < -0.3 is 5.32 Å². The molecule has 2 aromatic rings. The standard InChI is InChI=1S/C10H9ClN4O2/c11-7-3-1-6(2-4-7)5-12-9(16)8-13-10(17)15-14-8/h1-4H,5H2,(H,12,16)(H2,13,14,15,17). The monoisotopic (exact) mass is 252 g/mol. The van der Waals surface area contributed by atoms with E-state index in [2.05, 4.69) is 20.5 Å². The third-order valence-electron chi connectivity index (χ3n) is 2.08. The van der Waals surface area contributed by atoms with Crippen molar-refractivity contribution < 1.29 is 4.79 Å². The number of rotatable bonds is 3. The number of carbonyl (C=O) groups is 1. The third-order valence-corrected chi connectivity index (χ3v) is 2.33. The van der Waals surface area contributed by atoms with Gasteiger partial charge in [-0.15, -0.1) is 5.10 Å². The molecule has 88 valence electrons. The zero-order valence-corrected chi connectivity index (χ0v) is 9.41. The molecule has 0 aliphatic rings. The first-order valence-corrected chi connectivity index (χ1v) is 5.20. The average Bonchev–Trinajstić information content (AvgIpc) is 2.75. The second-order valence-corrected chi connectivity index (χ2v) is 3.77. The Bertz CT molecular complexity index is 572. The first-order valence-electron chi connectivity index (χ1n) is 4.82. The Kier molecular flexibility index (Phi) is 3.24. The highest BCUT2D eigenvalue weighted by Crippen LogP contribution is 2.09. The summed E-state index contributed by atoms with van der Waals surface area (Å²) < 4.78 is 0. The molecule has 2 rings (SSSR count). The van der Waals surface area contributed by atoms with Crippen molar-refractivity contribution in [3.05, 3.63) is 51.2 Å². The first-order chi connectivity index (χ1) is 8.15. The van der Waals surface area contributed by atoms with E-state index in [9.17, 15) is 9.59 Å². The number of nitrogens with one attached hydrogen (secondary N) is 3. The third kappa shape index (κ3) is 2.94. The molecule has 6 nitrogen and oxygen atoms in total. The molecule has 0 saturated heterocycles. The van der Waals surface area contributed by atoms with E-state index in [1.165, 1.54) is 0 Å². The highest BCUT2D eigenvalue weighted by molar-refractivity contribution is 6.30. The Morgan fingerprint density at radius 3 is 2.65 bits per heavy atom. The maximum atomic E-state index is 11.5. The lowest BCUT2D eigenvalue weighted by molar-refractivity contribution is 0.0941. The van der Waals surface area contributed by atoms with Crippen molar-refractivity contribution in [1.82, 2.24) is 20.5 Å². The van der Waals surface area contributed by atoms with Crippen LogP contribution in [0.3, 0.4) is 0 Å². The highest BCUT2D eigenvalue weighted by atomic mass is 35.5. The van der Waals surface area contributed by atoms with Crippen molar-refractivity contribution in [2.75, 3.05) is 0 Å². The number of aromatic amines is 2. The molecule has 0 unspecified atom stereocenters. The van der Waals surface area contributed by atoms with Crippen LogP contribution in [0.1, 0.15) is 16.2 Å². The maximum Gasteiger partial charge on any atom is 0.341 e. The van der Waals surface area contributed by atoms with E-state index in [1.54, 1.807) is 24.3 Å². The molecule has 0 fully saturated rings. The molecule has 0 bridgehead atoms. The van der Waals surface area contributed by atoms with Crippen molar-refractivity contribution in [1.29, 1.82) is 0 Å². The van der Waals surface area contributed by atoms with Crippen LogP contribution in [0.25, 0.3) is 0 Å². The predicted octanol–water partition coefficient (Wildman–Crippen LogP) is 0.681. The van der Waals surface area contributed by atoms with E-state index in [4.69, 9.17) is 11.6 Å². The molecular formula is C10H9ClN4O2. The minimum absolute atomic E-state index is 0.0380. The van der Waals surface area contributed by atoms with E-state index in [1.807, 2.05) is 0 Å². The maximum absolute atomic E-state index is 11.5. The highest BCUT2D eigenvalue weighted by Gasteiger charge is 2.08. The Hall–Kier alpha value is -2.08. The summed E-state index contributed by atoms with van der Waals surface area (Å²) in [7, 11) is 0. The first kappa shape index (κ1) is 11.4. The van der Waals surface area contributed by atoms with Crippen molar-refractivity contribution in [3.63, 3.8) is 0 Å². The minimum atomic E-state index is -0.512. The molecule has 1 heterocycles. The van der Waals surface area contributed by atoms with E-state index < -0.39 is 11.6 Å². The average molecular weight is 253 g/mol. The van der Waals surface area contributed by atoms with Crippen LogP contribution < -0.4 is 11.0 Å². The number of carbonyl (C=O) groups excluding carboxylic acids is 1. The number of amides is 1. The lowest BCUT2D eigenvalue weighted by Gasteiger charge is -2.02. The van der Waals surface area contributed by atoms with Gasteiger partial charge in [0.25, 0.3) is 5.91 Å². The van der Waals surface area contributed by atoms with Crippen LogP contribution in [0.5, 0.6) is 0 Å². The number of aromatic nitrogens is 3. The fourth-order valence-electron chi connectivity index (χ4n) is 1.25. The van der Waals surface area contributed by atoms with Crippen molar-refractivity contribution >= 4 is 17.5 Å². The van der Waals surface area contributed by atoms with Crippen molar-refractivity contribution in [2.45, 2.75) is 6.54 Å². The minimum Gasteiger partial charge on any atom is -0.345 e. The SMILES string of the molecule is O=C(NCc1ccc(Cl)cc1)c1n[nH]c(=O)[nH]1. The van der Waals surface area contributed by atoms with Crippen LogP contribution >= 0.6 is 11.6 Å². The zero-order valence-electron chi connectivity index (χ0n) is 8.66. The molecular weight excluding hydrogens is 244 g/mol. The lowest BCUT2D eigenvalue weighted by Crippen LogP contribution is -2.24. The molecule has 1 aromatic carbocycles. The summed E-state index contributed by atoms with van der Waals surface area (Å²) in [6.45, 7) is 0.338. The zero-order chi connectivity index (χ0) is 12.3. The Morgan fingerprint density at radius 2 is 2.06 bits per heavy atom. The smallest absolute Gasteiger partial charge is 0.341 e. The number of hydrogen-bond acceptors (Lipinski definition) is 3. The Labute approximate surface area is 101 Å². The van der Waals surface area contributed by atoms with Crippen LogP contribution in [0.15, 0.2) is 29.1 Å². The fourth-order valence-corrected chi connectivity index (χ4v) is 1.37. The number of halogens is 1. The van der Waals surface area contributed by atoms with Gasteiger partial charge in [0.1, 0.15) is 0 Å². The molecule has 1 aromatic heterocycles. The van der Waals surface area contributed by atoms with Crippen molar-refractivity contribution in [2.24, 2.45) is 0 Å². The number of hydrogen-bond donors (Lipinski definition) is 3. The van der Waals surface area contributed by atoms with Crippen LogP contribution in [-0.2, 0) is 6.54 Å². The van der Waals surface area contributed by atoms with Crippen LogP contribution in [0.2, 0.25) is 5.02 Å². The van der Waals surface area contributed by atoms with E-state index in [-0.39, 0.29) is 5.82 Å². The normalized spacial score (nSPS) is 10.2. The number of benzene rings is 1. The summed E-state index contributed by atoms with van der Waals surface area (Å²) in [6, 6.07) is 7.07. The van der Waals surface area contributed by atoms with Crippen LogP contribution in [0.4, 0.5) is 0 Å². The summed E-state index contributed by atoms with van der Waals surface area (Å²) in [5.74, 6) is -0.484. The van der Waals surface area contributed by atoms with Gasteiger partial charge in [-0.3, -0.25) is 9.78 Å². The summed E-state index contributed by atoms with van der Waals surface area (Å²) in [5, 5.41) is 8.88. The van der Waals surface area contributed by atoms with Gasteiger partial charge in [-0.1, -0.05) is 23.7 Å². The number of nitrogens with zero attached hydrogens (tertiary/aromatic N) is 1. The Balaban J connectivity index is 1.96. The van der Waals surface area contributed by atoms with E-state index in [0.717, 1.165) is 5.56 Å². The van der Waals surface area contributed by atoms with Crippen LogP contribution in [-0.4, -0.2) is 21.1 Å². The lowest BCUT2D eigenvalue weighted by atomic mass is 10.2. The molecule has 17 heavy (non-hydrogen) atoms. The molecule has 7 heteroatoms. The topological polar surface area (TPSA) is 90.6 Å². The molecule has 3 N–H and O–H groups in total. The predicted molar refractivity (Wildman–Crippen MR) is 61.8 cm³/mol. The second kappa shape index (κ2) is 4.84. The summed E-state index contributed by atoms with van der Waals surface area (Å²) in [5.41, 5.74) is 0.391. The van der Waals surface area contributed by atoms with Crippen LogP contribution in [0, 0.1) is 0 Å². The van der Waals surface area contributed by atoms with Gasteiger partial charge in [0.2, 0.25) is 5.82 Å². The van der Waals surface area contributed by atoms with Gasteiger partial charge >= 0.3 is 5.69 Å². The largest absolute Gasteiger partial charge is 0.345 e. The second-order valence-electron chi connectivity index (χ2n) is 3.34. The van der Waals surface area contributed by atoms with Gasteiger partial charge in [0.05, 0.1) is 0 Å². The summed E-state index contributed by atoms with van der Waals surface area (Å²) in [6.07, 6.45) is 0. The Morgan fingerprint density at radius 1 is 1.35 bits per heavy atom.